The number of rotatable bonds is 4. The summed E-state index contributed by atoms with van der Waals surface area (Å²) < 4.78 is 4.66. The maximum Gasteiger partial charge on any atom is 0.306 e. The molecule has 1 heterocycles. The molecule has 0 aromatic carbocycles. The van der Waals surface area contributed by atoms with Crippen molar-refractivity contribution in [3.05, 3.63) is 21.9 Å². The van der Waals surface area contributed by atoms with Crippen molar-refractivity contribution in [1.29, 1.82) is 0 Å². The van der Waals surface area contributed by atoms with E-state index >= 15 is 0 Å². The SMILES string of the molecule is COC(=O)CC(C)c1ccc(C(C)C)s1. The Morgan fingerprint density at radius 1 is 1.33 bits per heavy atom. The van der Waals surface area contributed by atoms with Gasteiger partial charge in [0.05, 0.1) is 13.5 Å². The van der Waals surface area contributed by atoms with E-state index in [0.29, 0.717) is 12.3 Å². The van der Waals surface area contributed by atoms with Crippen molar-refractivity contribution in [2.24, 2.45) is 0 Å². The Morgan fingerprint density at radius 3 is 2.40 bits per heavy atom. The zero-order chi connectivity index (χ0) is 11.4. The first kappa shape index (κ1) is 12.2. The second-order valence-corrected chi connectivity index (χ2v) is 5.22. The summed E-state index contributed by atoms with van der Waals surface area (Å²) in [6.45, 7) is 6.42. The van der Waals surface area contributed by atoms with Gasteiger partial charge in [-0.05, 0) is 18.1 Å². The van der Waals surface area contributed by atoms with E-state index in [1.165, 1.54) is 16.9 Å². The van der Waals surface area contributed by atoms with Gasteiger partial charge in [-0.15, -0.1) is 11.3 Å². The standard InChI is InChI=1S/C12H18O2S/c1-8(2)10-5-6-11(15-10)9(3)7-12(13)14-4/h5-6,8-9H,7H2,1-4H3. The van der Waals surface area contributed by atoms with Crippen molar-refractivity contribution >= 4 is 17.3 Å². The largest absolute Gasteiger partial charge is 0.469 e. The monoisotopic (exact) mass is 226 g/mol. The van der Waals surface area contributed by atoms with Gasteiger partial charge in [0, 0.05) is 15.7 Å². The molecule has 0 aliphatic rings. The maximum atomic E-state index is 11.1. The molecule has 0 saturated heterocycles. The van der Waals surface area contributed by atoms with E-state index in [0.717, 1.165) is 0 Å². The van der Waals surface area contributed by atoms with Gasteiger partial charge in [0.2, 0.25) is 0 Å². The molecule has 1 atom stereocenters. The highest BCUT2D eigenvalue weighted by Gasteiger charge is 2.14. The minimum atomic E-state index is -0.137. The lowest BCUT2D eigenvalue weighted by molar-refractivity contribution is -0.140. The lowest BCUT2D eigenvalue weighted by Crippen LogP contribution is -2.04. The summed E-state index contributed by atoms with van der Waals surface area (Å²) >= 11 is 1.79. The topological polar surface area (TPSA) is 26.3 Å². The maximum absolute atomic E-state index is 11.1. The van der Waals surface area contributed by atoms with Gasteiger partial charge in [0.25, 0.3) is 0 Å². The van der Waals surface area contributed by atoms with Crippen molar-refractivity contribution < 1.29 is 9.53 Å². The number of methoxy groups -OCH3 is 1. The highest BCUT2D eigenvalue weighted by atomic mass is 32.1. The predicted octanol–water partition coefficient (Wildman–Crippen LogP) is 3.54. The van der Waals surface area contributed by atoms with Crippen LogP contribution >= 0.6 is 11.3 Å². The van der Waals surface area contributed by atoms with E-state index in [9.17, 15) is 4.79 Å². The fraction of sp³-hybridized carbons (Fsp3) is 0.583. The lowest BCUT2D eigenvalue weighted by Gasteiger charge is -2.07. The molecule has 1 unspecified atom stereocenters. The van der Waals surface area contributed by atoms with Gasteiger partial charge < -0.3 is 4.74 Å². The number of thiophene rings is 1. The number of hydrogen-bond donors (Lipinski definition) is 0. The van der Waals surface area contributed by atoms with E-state index in [1.807, 2.05) is 0 Å². The number of esters is 1. The number of hydrogen-bond acceptors (Lipinski definition) is 3. The van der Waals surface area contributed by atoms with Crippen LogP contribution in [0.2, 0.25) is 0 Å². The van der Waals surface area contributed by atoms with Crippen LogP contribution in [0.3, 0.4) is 0 Å². The van der Waals surface area contributed by atoms with Gasteiger partial charge in [-0.1, -0.05) is 20.8 Å². The first-order valence-electron chi connectivity index (χ1n) is 5.21. The van der Waals surface area contributed by atoms with Crippen LogP contribution in [0.1, 0.15) is 48.8 Å². The molecule has 1 rings (SSSR count). The molecule has 0 fully saturated rings. The molecule has 0 radical (unpaired) electrons. The minimum Gasteiger partial charge on any atom is -0.469 e. The molecule has 1 aromatic rings. The van der Waals surface area contributed by atoms with Crippen LogP contribution < -0.4 is 0 Å². The van der Waals surface area contributed by atoms with Crippen LogP contribution in [-0.2, 0) is 9.53 Å². The summed E-state index contributed by atoms with van der Waals surface area (Å²) in [6, 6.07) is 4.27. The Labute approximate surface area is 95.3 Å². The molecule has 0 aliphatic carbocycles. The Morgan fingerprint density at radius 2 is 1.93 bits per heavy atom. The third kappa shape index (κ3) is 3.34. The van der Waals surface area contributed by atoms with Gasteiger partial charge in [-0.3, -0.25) is 4.79 Å². The summed E-state index contributed by atoms with van der Waals surface area (Å²) in [7, 11) is 1.43. The molecule has 0 N–H and O–H groups in total. The van der Waals surface area contributed by atoms with Crippen molar-refractivity contribution in [2.45, 2.75) is 39.0 Å². The first-order chi connectivity index (χ1) is 7.04. The fourth-order valence-corrected chi connectivity index (χ4v) is 2.44. The minimum absolute atomic E-state index is 0.137. The predicted molar refractivity (Wildman–Crippen MR) is 63.5 cm³/mol. The van der Waals surface area contributed by atoms with E-state index in [2.05, 4.69) is 37.6 Å². The molecule has 3 heteroatoms. The van der Waals surface area contributed by atoms with Gasteiger partial charge in [0.15, 0.2) is 0 Å². The summed E-state index contributed by atoms with van der Waals surface area (Å²) in [4.78, 5) is 13.8. The van der Waals surface area contributed by atoms with E-state index < -0.39 is 0 Å². The van der Waals surface area contributed by atoms with Crippen LogP contribution in [0.15, 0.2) is 12.1 Å². The quantitative estimate of drug-likeness (QED) is 0.734. The Balaban J connectivity index is 2.65. The molecule has 2 nitrogen and oxygen atoms in total. The molecule has 0 aliphatic heterocycles. The second-order valence-electron chi connectivity index (χ2n) is 4.08. The van der Waals surface area contributed by atoms with Crippen molar-refractivity contribution in [1.82, 2.24) is 0 Å². The number of carbonyl (C=O) groups excluding carboxylic acids is 1. The second kappa shape index (κ2) is 5.31. The molecular formula is C12H18O2S. The van der Waals surface area contributed by atoms with E-state index in [4.69, 9.17) is 0 Å². The molecule has 84 valence electrons. The molecule has 0 amide bonds. The zero-order valence-electron chi connectivity index (χ0n) is 9.74. The van der Waals surface area contributed by atoms with Gasteiger partial charge in [-0.2, -0.15) is 0 Å². The van der Waals surface area contributed by atoms with Crippen molar-refractivity contribution in [3.63, 3.8) is 0 Å². The average molecular weight is 226 g/mol. The normalized spacial score (nSPS) is 12.9. The molecule has 1 aromatic heterocycles. The van der Waals surface area contributed by atoms with Crippen LogP contribution in [0.25, 0.3) is 0 Å². The van der Waals surface area contributed by atoms with Gasteiger partial charge in [0.1, 0.15) is 0 Å². The number of carbonyl (C=O) groups is 1. The average Bonchev–Trinajstić information content (AvgIpc) is 2.66. The molecule has 0 bridgehead atoms. The molecule has 0 spiro atoms. The zero-order valence-corrected chi connectivity index (χ0v) is 10.6. The van der Waals surface area contributed by atoms with Crippen LogP contribution in [0.5, 0.6) is 0 Å². The molecule has 0 saturated carbocycles. The summed E-state index contributed by atoms with van der Waals surface area (Å²) in [5.41, 5.74) is 0. The first-order valence-corrected chi connectivity index (χ1v) is 6.02. The molecular weight excluding hydrogens is 208 g/mol. The fourth-order valence-electron chi connectivity index (χ4n) is 1.38. The van der Waals surface area contributed by atoms with Crippen molar-refractivity contribution in [3.8, 4) is 0 Å². The van der Waals surface area contributed by atoms with Crippen LogP contribution in [-0.4, -0.2) is 13.1 Å². The van der Waals surface area contributed by atoms with Crippen LogP contribution in [0, 0.1) is 0 Å². The third-order valence-electron chi connectivity index (χ3n) is 2.40. The van der Waals surface area contributed by atoms with Gasteiger partial charge in [-0.25, -0.2) is 0 Å². The Kier molecular flexibility index (Phi) is 4.33. The van der Waals surface area contributed by atoms with Crippen LogP contribution in [0.4, 0.5) is 0 Å². The Bertz CT molecular complexity index is 328. The van der Waals surface area contributed by atoms with E-state index in [1.54, 1.807) is 11.3 Å². The lowest BCUT2D eigenvalue weighted by atomic mass is 10.1. The summed E-state index contributed by atoms with van der Waals surface area (Å²) in [5.74, 6) is 0.686. The Hall–Kier alpha value is -0.830. The third-order valence-corrected chi connectivity index (χ3v) is 4.02. The highest BCUT2D eigenvalue weighted by Crippen LogP contribution is 2.31. The summed E-state index contributed by atoms with van der Waals surface area (Å²) in [6.07, 6.45) is 0.467. The smallest absolute Gasteiger partial charge is 0.306 e. The van der Waals surface area contributed by atoms with E-state index in [-0.39, 0.29) is 11.9 Å². The number of ether oxygens (including phenoxy) is 1. The van der Waals surface area contributed by atoms with Gasteiger partial charge >= 0.3 is 5.97 Å². The summed E-state index contributed by atoms with van der Waals surface area (Å²) in [5, 5.41) is 0. The highest BCUT2D eigenvalue weighted by molar-refractivity contribution is 7.12. The molecule has 15 heavy (non-hydrogen) atoms. The van der Waals surface area contributed by atoms with Crippen molar-refractivity contribution in [2.75, 3.05) is 7.11 Å².